The van der Waals surface area contributed by atoms with Crippen LogP contribution >= 0.6 is 0 Å². The van der Waals surface area contributed by atoms with Gasteiger partial charge in [0.05, 0.1) is 10.6 Å². The fraction of sp³-hybridized carbons (Fsp3) is 0.355. The number of hydrogen-bond acceptors (Lipinski definition) is 4. The van der Waals surface area contributed by atoms with E-state index >= 15 is 0 Å². The molecular weight excluding hydrogens is 510 g/mol. The smallest absolute Gasteiger partial charge is 0.264 e. The van der Waals surface area contributed by atoms with E-state index < -0.39 is 28.5 Å². The van der Waals surface area contributed by atoms with Crippen molar-refractivity contribution in [2.24, 2.45) is 0 Å². The molecule has 208 valence electrons. The molecule has 0 unspecified atom stereocenters. The third kappa shape index (κ3) is 7.69. The highest BCUT2D eigenvalue weighted by molar-refractivity contribution is 7.92. The molecule has 2 atom stereocenters. The molecule has 0 fully saturated rings. The highest BCUT2D eigenvalue weighted by atomic mass is 32.2. The van der Waals surface area contributed by atoms with Gasteiger partial charge in [0, 0.05) is 12.6 Å². The van der Waals surface area contributed by atoms with Crippen molar-refractivity contribution in [3.8, 4) is 0 Å². The summed E-state index contributed by atoms with van der Waals surface area (Å²) in [5, 5.41) is 2.96. The van der Waals surface area contributed by atoms with E-state index in [9.17, 15) is 18.0 Å². The molecule has 0 aromatic heterocycles. The second-order valence-electron chi connectivity index (χ2n) is 9.62. The third-order valence-corrected chi connectivity index (χ3v) is 8.68. The number of rotatable bonds is 13. The van der Waals surface area contributed by atoms with Crippen LogP contribution < -0.4 is 9.62 Å². The molecule has 0 bridgehead atoms. The minimum absolute atomic E-state index is 0.0441. The number of carbonyl (C=O) groups is 2. The Balaban J connectivity index is 1.99. The van der Waals surface area contributed by atoms with Gasteiger partial charge in [-0.1, -0.05) is 80.6 Å². The molecule has 0 aliphatic carbocycles. The van der Waals surface area contributed by atoms with E-state index in [4.69, 9.17) is 0 Å². The summed E-state index contributed by atoms with van der Waals surface area (Å²) in [4.78, 5) is 28.7. The number of hydrogen-bond donors (Lipinski definition) is 1. The highest BCUT2D eigenvalue weighted by Crippen LogP contribution is 2.28. The maximum atomic E-state index is 14.0. The number of benzene rings is 3. The highest BCUT2D eigenvalue weighted by Gasteiger charge is 2.33. The van der Waals surface area contributed by atoms with Crippen molar-refractivity contribution >= 4 is 27.5 Å². The second kappa shape index (κ2) is 13.9. The number of nitrogens with one attached hydrogen (secondary N) is 1. The van der Waals surface area contributed by atoms with Crippen LogP contribution in [0.3, 0.4) is 0 Å². The van der Waals surface area contributed by atoms with Gasteiger partial charge < -0.3 is 10.2 Å². The van der Waals surface area contributed by atoms with Crippen molar-refractivity contribution in [2.45, 2.75) is 63.9 Å². The molecule has 0 aliphatic heterocycles. The van der Waals surface area contributed by atoms with Crippen LogP contribution in [-0.2, 0) is 32.5 Å². The SMILES string of the molecule is CCc1ccccc1N(CC(=O)N(CCc1ccccc1)[C@H](C)C(=O)N[C@H](C)CC)S(=O)(=O)c1ccccc1. The molecule has 7 nitrogen and oxygen atoms in total. The molecule has 3 rings (SSSR count). The normalized spacial score (nSPS) is 12.8. The monoisotopic (exact) mass is 549 g/mol. The van der Waals surface area contributed by atoms with E-state index in [2.05, 4.69) is 5.32 Å². The number of anilines is 1. The third-order valence-electron chi connectivity index (χ3n) is 6.90. The van der Waals surface area contributed by atoms with Gasteiger partial charge in [0.25, 0.3) is 10.0 Å². The Morgan fingerprint density at radius 3 is 2.05 bits per heavy atom. The van der Waals surface area contributed by atoms with Crippen LogP contribution in [0.2, 0.25) is 0 Å². The van der Waals surface area contributed by atoms with E-state index in [0.717, 1.165) is 17.5 Å². The van der Waals surface area contributed by atoms with Gasteiger partial charge in [-0.2, -0.15) is 0 Å². The first-order valence-electron chi connectivity index (χ1n) is 13.5. The van der Waals surface area contributed by atoms with Crippen LogP contribution in [0.25, 0.3) is 0 Å². The van der Waals surface area contributed by atoms with E-state index in [1.807, 2.05) is 63.2 Å². The molecule has 0 radical (unpaired) electrons. The molecule has 8 heteroatoms. The van der Waals surface area contributed by atoms with Crippen molar-refractivity contribution in [3.05, 3.63) is 96.1 Å². The average Bonchev–Trinajstić information content (AvgIpc) is 2.96. The summed E-state index contributed by atoms with van der Waals surface area (Å²) in [5.41, 5.74) is 2.29. The van der Waals surface area contributed by atoms with E-state index in [0.29, 0.717) is 18.5 Å². The molecule has 3 aromatic carbocycles. The fourth-order valence-corrected chi connectivity index (χ4v) is 5.79. The van der Waals surface area contributed by atoms with Crippen molar-refractivity contribution in [1.29, 1.82) is 0 Å². The predicted molar refractivity (Wildman–Crippen MR) is 156 cm³/mol. The molecule has 0 spiro atoms. The van der Waals surface area contributed by atoms with Crippen LogP contribution in [0, 0.1) is 0 Å². The topological polar surface area (TPSA) is 86.8 Å². The van der Waals surface area contributed by atoms with Gasteiger partial charge in [0.1, 0.15) is 12.6 Å². The quantitative estimate of drug-likeness (QED) is 0.331. The van der Waals surface area contributed by atoms with Crippen LogP contribution in [0.5, 0.6) is 0 Å². The lowest BCUT2D eigenvalue weighted by molar-refractivity contribution is -0.139. The molecule has 3 aromatic rings. The maximum Gasteiger partial charge on any atom is 0.264 e. The molecule has 0 saturated carbocycles. The first kappa shape index (κ1) is 29.9. The van der Waals surface area contributed by atoms with Crippen LogP contribution in [0.1, 0.15) is 45.2 Å². The summed E-state index contributed by atoms with van der Waals surface area (Å²) in [5.74, 6) is -0.708. The van der Waals surface area contributed by atoms with E-state index in [-0.39, 0.29) is 23.4 Å². The summed E-state index contributed by atoms with van der Waals surface area (Å²) < 4.78 is 29.0. The molecule has 0 heterocycles. The minimum atomic E-state index is -4.07. The van der Waals surface area contributed by atoms with Crippen molar-refractivity contribution < 1.29 is 18.0 Å². The first-order chi connectivity index (χ1) is 18.7. The lowest BCUT2D eigenvalue weighted by Gasteiger charge is -2.33. The number of carbonyl (C=O) groups excluding carboxylic acids is 2. The number of amides is 2. The molecule has 0 saturated heterocycles. The van der Waals surface area contributed by atoms with Crippen molar-refractivity contribution in [3.63, 3.8) is 0 Å². The lowest BCUT2D eigenvalue weighted by atomic mass is 10.1. The molecular formula is C31H39N3O4S. The van der Waals surface area contributed by atoms with Gasteiger partial charge >= 0.3 is 0 Å². The molecule has 39 heavy (non-hydrogen) atoms. The number of sulfonamides is 1. The zero-order valence-corrected chi connectivity index (χ0v) is 24.0. The van der Waals surface area contributed by atoms with Crippen LogP contribution in [-0.4, -0.2) is 50.3 Å². The van der Waals surface area contributed by atoms with Crippen molar-refractivity contribution in [2.75, 3.05) is 17.4 Å². The van der Waals surface area contributed by atoms with Crippen molar-refractivity contribution in [1.82, 2.24) is 10.2 Å². The predicted octanol–water partition coefficient (Wildman–Crippen LogP) is 4.82. The van der Waals surface area contributed by atoms with Crippen LogP contribution in [0.15, 0.2) is 89.8 Å². The van der Waals surface area contributed by atoms with Gasteiger partial charge in [-0.3, -0.25) is 13.9 Å². The summed E-state index contributed by atoms with van der Waals surface area (Å²) in [7, 11) is -4.07. The second-order valence-corrected chi connectivity index (χ2v) is 11.5. The Morgan fingerprint density at radius 2 is 1.44 bits per heavy atom. The summed E-state index contributed by atoms with van der Waals surface area (Å²) in [6, 6.07) is 24.2. The Morgan fingerprint density at radius 1 is 0.846 bits per heavy atom. The Labute approximate surface area is 232 Å². The van der Waals surface area contributed by atoms with Gasteiger partial charge in [0.2, 0.25) is 11.8 Å². The zero-order chi connectivity index (χ0) is 28.4. The van der Waals surface area contributed by atoms with Crippen LogP contribution in [0.4, 0.5) is 5.69 Å². The molecule has 1 N–H and O–H groups in total. The largest absolute Gasteiger partial charge is 0.352 e. The molecule has 0 aliphatic rings. The van der Waals surface area contributed by atoms with Gasteiger partial charge in [-0.25, -0.2) is 8.42 Å². The summed E-state index contributed by atoms with van der Waals surface area (Å²) in [6.45, 7) is 7.37. The minimum Gasteiger partial charge on any atom is -0.352 e. The van der Waals surface area contributed by atoms with E-state index in [1.54, 1.807) is 37.3 Å². The number of aryl methyl sites for hydroxylation is 1. The zero-order valence-electron chi connectivity index (χ0n) is 23.2. The molecule has 2 amide bonds. The Bertz CT molecular complexity index is 1330. The Hall–Kier alpha value is -3.65. The summed E-state index contributed by atoms with van der Waals surface area (Å²) in [6.07, 6.45) is 1.88. The average molecular weight is 550 g/mol. The standard InChI is InChI=1S/C31H39N3O4S/c1-5-24(3)32-31(36)25(4)33(22-21-26-15-9-7-10-16-26)30(35)23-34(29-20-14-13-17-27(29)6-2)39(37,38)28-18-11-8-12-19-28/h7-20,24-25H,5-6,21-23H2,1-4H3,(H,32,36)/t24-,25-/m1/s1. The van der Waals surface area contributed by atoms with E-state index in [1.165, 1.54) is 21.3 Å². The van der Waals surface area contributed by atoms with Gasteiger partial charge in [-0.05, 0) is 62.4 Å². The summed E-state index contributed by atoms with van der Waals surface area (Å²) >= 11 is 0. The van der Waals surface area contributed by atoms with Gasteiger partial charge in [0.15, 0.2) is 0 Å². The fourth-order valence-electron chi connectivity index (χ4n) is 4.32. The maximum absolute atomic E-state index is 14.0. The lowest BCUT2D eigenvalue weighted by Crippen LogP contribution is -2.53. The number of para-hydroxylation sites is 1. The first-order valence-corrected chi connectivity index (χ1v) is 14.9. The van der Waals surface area contributed by atoms with Gasteiger partial charge in [-0.15, -0.1) is 0 Å². The Kier molecular flexibility index (Phi) is 10.7. The number of nitrogens with zero attached hydrogens (tertiary/aromatic N) is 2.